The average molecular weight is 61.0 g/mol. The fraction of sp³-hybridized carbons (Fsp3) is 0. The summed E-state index contributed by atoms with van der Waals surface area (Å²) in [6, 6.07) is 0. The maximum Gasteiger partial charge on any atom is 2.00 e. The molecular weight excluding hydrogens is 57.0 g/mol. The second-order valence-electron chi connectivity index (χ2n) is 0. The molecule has 0 atom stereocenters. The Morgan fingerprint density at radius 2 is 0.750 bits per heavy atom. The van der Waals surface area contributed by atoms with E-state index in [2.05, 4.69) is 0 Å². The van der Waals surface area contributed by atoms with E-state index in [0.717, 1.165) is 0 Å². The van der Waals surface area contributed by atoms with Crippen molar-refractivity contribution in [1.82, 2.24) is 0 Å². The summed E-state index contributed by atoms with van der Waals surface area (Å²) in [5, 5.41) is 0. The van der Waals surface area contributed by atoms with Gasteiger partial charge in [0.1, 0.15) is 0 Å². The maximum absolute atomic E-state index is 0. The summed E-state index contributed by atoms with van der Waals surface area (Å²) in [6.07, 6.45) is 0. The Morgan fingerprint density at radius 3 is 0.750 bits per heavy atom. The molecule has 0 aromatic heterocycles. The molecule has 0 amide bonds. The molecule has 0 aromatic carbocycles. The molecule has 3 nitrogen and oxygen atoms in total. The van der Waals surface area contributed by atoms with Crippen molar-refractivity contribution in [3.05, 3.63) is 0 Å². The Hall–Kier alpha value is 0.0488. The quantitative estimate of drug-likeness (QED) is 0.343. The summed E-state index contributed by atoms with van der Waals surface area (Å²) in [4.78, 5) is 0. The predicted molar refractivity (Wildman–Crippen MR) is 12.7 cm³/mol. The molecule has 0 saturated heterocycles. The van der Waals surface area contributed by atoms with Crippen LogP contribution in [0.3, 0.4) is 0 Å². The van der Waals surface area contributed by atoms with Crippen LogP contribution < -0.4 is 0 Å². The fourth-order valence-corrected chi connectivity index (χ4v) is 0. The van der Waals surface area contributed by atoms with Crippen molar-refractivity contribution >= 4 is 10.1 Å². The summed E-state index contributed by atoms with van der Waals surface area (Å²) in [5.41, 5.74) is 0. The van der Waals surface area contributed by atoms with Crippen LogP contribution in [-0.4, -0.2) is 26.5 Å². The first-order valence-corrected chi connectivity index (χ1v) is 0. The first-order valence-electron chi connectivity index (χ1n) is 0. The molecule has 0 bridgehead atoms. The zero-order valence-corrected chi connectivity index (χ0v) is 2.05. The van der Waals surface area contributed by atoms with E-state index >= 15 is 0 Å². The van der Waals surface area contributed by atoms with Gasteiger partial charge in [-0.05, 0) is 0 Å². The van der Waals surface area contributed by atoms with E-state index < -0.39 is 0 Å². The van der Waals surface area contributed by atoms with Crippen LogP contribution in [0.25, 0.3) is 0 Å². The Bertz CT molecular complexity index is 6.85. The Morgan fingerprint density at radius 1 is 0.750 bits per heavy atom. The number of rotatable bonds is 0. The van der Waals surface area contributed by atoms with Crippen molar-refractivity contribution in [2.75, 3.05) is 0 Å². The summed E-state index contributed by atoms with van der Waals surface area (Å²) in [6.45, 7) is 0. The van der Waals surface area contributed by atoms with E-state index in [-0.39, 0.29) is 28.0 Å². The van der Waals surface area contributed by atoms with E-state index in [9.17, 15) is 0 Å². The van der Waals surface area contributed by atoms with Gasteiger partial charge in [0, 0.05) is 0 Å². The largest absolute Gasteiger partial charge is 2.00 e. The van der Waals surface area contributed by atoms with Gasteiger partial charge in [0.2, 0.25) is 0 Å². The Labute approximate surface area is 29.3 Å². The Balaban J connectivity index is 0. The molecule has 4 heavy (non-hydrogen) atoms. The van der Waals surface area contributed by atoms with E-state index in [4.69, 9.17) is 0 Å². The molecule has 4 heteroatoms. The monoisotopic (exact) mass is 61.0 g/mol. The predicted octanol–water partition coefficient (Wildman–Crippen LogP) is -0.799. The summed E-state index contributed by atoms with van der Waals surface area (Å²) >= 11 is 0. The van der Waals surface area contributed by atoms with Gasteiger partial charge in [-0.25, -0.2) is 0 Å². The van der Waals surface area contributed by atoms with Crippen LogP contribution in [0, 0.1) is 0 Å². The van der Waals surface area contributed by atoms with Gasteiger partial charge in [0.05, 0.1) is 0 Å². The summed E-state index contributed by atoms with van der Waals surface area (Å²) in [5.74, 6) is 0. The zero-order chi connectivity index (χ0) is 0. The van der Waals surface area contributed by atoms with Gasteiger partial charge in [-0.3, -0.25) is 0 Å². The number of hydrogen-bond acceptors (Lipinski definition) is 3. The molecule has 3 N–H and O–H groups in total. The van der Waals surface area contributed by atoms with Gasteiger partial charge >= 0.3 is 11.5 Å². The van der Waals surface area contributed by atoms with Crippen LogP contribution in [0.1, 0.15) is 1.43 Å². The molecule has 0 unspecified atom stereocenters. The van der Waals surface area contributed by atoms with E-state index in [1.165, 1.54) is 0 Å². The molecule has 0 fully saturated rings. The van der Waals surface area contributed by atoms with Crippen molar-refractivity contribution in [2.45, 2.75) is 0 Å². The van der Waals surface area contributed by atoms with Gasteiger partial charge in [-0.1, -0.05) is 0 Å². The van der Waals surface area contributed by atoms with Crippen LogP contribution in [0.5, 0.6) is 0 Å². The van der Waals surface area contributed by atoms with Gasteiger partial charge in [-0.15, -0.1) is 0 Å². The van der Waals surface area contributed by atoms with Crippen molar-refractivity contribution in [3.8, 4) is 0 Å². The second-order valence-corrected chi connectivity index (χ2v) is 0. The maximum atomic E-state index is 0. The fourth-order valence-electron chi connectivity index (χ4n) is 0. The molecule has 0 rings (SSSR count). The third-order valence-electron chi connectivity index (χ3n) is 0. The summed E-state index contributed by atoms with van der Waals surface area (Å²) < 4.78 is 0. The molecule has 0 spiro atoms. The van der Waals surface area contributed by atoms with E-state index in [1.54, 1.807) is 0 Å². The minimum Gasteiger partial charge on any atom is -0.870 e. The van der Waals surface area contributed by atoms with E-state index in [1.807, 2.05) is 0 Å². The first kappa shape index (κ1) is 15800. The third kappa shape index (κ3) is 945. The smallest absolute Gasteiger partial charge is 0.870 e. The molecule has 0 heterocycles. The van der Waals surface area contributed by atoms with Crippen molar-refractivity contribution < 1.29 is 17.9 Å². The van der Waals surface area contributed by atoms with Crippen LogP contribution in [0.15, 0.2) is 0 Å². The summed E-state index contributed by atoms with van der Waals surface area (Å²) in [7, 11) is 0. The minimum atomic E-state index is 0. The number of hydrogen-bond donors (Lipinski definition) is 0. The van der Waals surface area contributed by atoms with Crippen LogP contribution in [0.4, 0.5) is 0 Å². The van der Waals surface area contributed by atoms with Crippen LogP contribution in [0.2, 0.25) is 0 Å². The standard InChI is InChI=1S/Be.3H2O/h;3*1H2/q+2;;;/p-2. The third-order valence-corrected chi connectivity index (χ3v) is 0. The molecule has 0 aliphatic carbocycles. The molecule has 24 valence electrons. The van der Waals surface area contributed by atoms with Gasteiger partial charge in [0.15, 0.2) is 0 Å². The van der Waals surface area contributed by atoms with Gasteiger partial charge < -0.3 is 16.4 Å². The Kier molecular flexibility index (Phi) is 21200000. The normalized spacial score (nSPS) is 0. The van der Waals surface area contributed by atoms with Gasteiger partial charge in [0.25, 0.3) is 0 Å². The molecule has 0 aliphatic heterocycles. The molecule has 0 aliphatic rings. The SMILES string of the molecule is [Be+2].[H+].[OH-].[OH-].[OH-]. The second kappa shape index (κ2) is 5370. The van der Waals surface area contributed by atoms with Crippen LogP contribution in [-0.2, 0) is 0 Å². The average Bonchev–Trinajstić information content (AvgIpc) is 0. The molecule has 0 aromatic rings. The first-order chi connectivity index (χ1) is 0. The minimum absolute atomic E-state index is 0. The van der Waals surface area contributed by atoms with Crippen LogP contribution >= 0.6 is 0 Å². The molecule has 0 radical (unpaired) electrons. The molecular formula is H4BeO3. The zero-order valence-electron chi connectivity index (χ0n) is 3.05. The van der Waals surface area contributed by atoms with Crippen molar-refractivity contribution in [1.29, 1.82) is 0 Å². The van der Waals surface area contributed by atoms with E-state index in [0.29, 0.717) is 0 Å². The topological polar surface area (TPSA) is 90.0 Å². The van der Waals surface area contributed by atoms with Gasteiger partial charge in [-0.2, -0.15) is 0 Å². The van der Waals surface area contributed by atoms with Crippen molar-refractivity contribution in [3.63, 3.8) is 0 Å². The molecule has 0 saturated carbocycles. The van der Waals surface area contributed by atoms with Crippen molar-refractivity contribution in [2.24, 2.45) is 0 Å².